The van der Waals surface area contributed by atoms with Gasteiger partial charge in [-0.25, -0.2) is 0 Å². The number of nitriles is 1. The molecular formula is C33H46N2O3. The first-order chi connectivity index (χ1) is 17.9. The Morgan fingerprint density at radius 2 is 1.79 bits per heavy atom. The smallest absolute Gasteiger partial charge is 0.171 e. The summed E-state index contributed by atoms with van der Waals surface area (Å²) in [5.41, 5.74) is 3.30. The van der Waals surface area contributed by atoms with Gasteiger partial charge < -0.3 is 19.5 Å². The number of benzene rings is 1. The third kappa shape index (κ3) is 3.26. The molecule has 5 nitrogen and oxygen atoms in total. The van der Waals surface area contributed by atoms with E-state index in [2.05, 4.69) is 64.0 Å². The van der Waals surface area contributed by atoms with Gasteiger partial charge in [0.05, 0.1) is 30.8 Å². The van der Waals surface area contributed by atoms with Gasteiger partial charge in [0.15, 0.2) is 5.79 Å². The maximum absolute atomic E-state index is 12.9. The molecule has 7 rings (SSSR count). The number of aliphatic hydroxyl groups is 1. The van der Waals surface area contributed by atoms with Gasteiger partial charge in [0.2, 0.25) is 0 Å². The predicted molar refractivity (Wildman–Crippen MR) is 148 cm³/mol. The van der Waals surface area contributed by atoms with Crippen LogP contribution in [0.15, 0.2) is 18.2 Å². The maximum Gasteiger partial charge on any atom is 0.171 e. The molecule has 5 fully saturated rings. The number of nitrogens with zero attached hydrogens (tertiary/aromatic N) is 2. The summed E-state index contributed by atoms with van der Waals surface area (Å²) < 4.78 is 13.0. The molecule has 38 heavy (non-hydrogen) atoms. The lowest BCUT2D eigenvalue weighted by Crippen LogP contribution is -2.70. The van der Waals surface area contributed by atoms with E-state index in [1.807, 2.05) is 0 Å². The molecule has 2 spiro atoms. The van der Waals surface area contributed by atoms with Crippen molar-refractivity contribution in [1.82, 2.24) is 0 Å². The minimum absolute atomic E-state index is 0.0195. The Labute approximate surface area is 228 Å². The summed E-state index contributed by atoms with van der Waals surface area (Å²) in [6.45, 7) is 8.21. The van der Waals surface area contributed by atoms with Crippen LogP contribution in [0.1, 0.15) is 89.2 Å². The molecule has 1 saturated heterocycles. The van der Waals surface area contributed by atoms with E-state index in [1.54, 1.807) is 0 Å². The zero-order valence-corrected chi connectivity index (χ0v) is 24.1. The van der Waals surface area contributed by atoms with Crippen molar-refractivity contribution in [2.24, 2.45) is 39.9 Å². The van der Waals surface area contributed by atoms with Crippen LogP contribution in [-0.4, -0.2) is 43.8 Å². The first kappa shape index (κ1) is 25.4. The summed E-state index contributed by atoms with van der Waals surface area (Å²) in [4.78, 5) is 2.20. The normalized spacial score (nSPS) is 45.8. The zero-order chi connectivity index (χ0) is 26.7. The number of rotatable bonds is 1. The van der Waals surface area contributed by atoms with E-state index < -0.39 is 11.4 Å². The molecule has 0 aromatic heterocycles. The third-order valence-corrected chi connectivity index (χ3v) is 12.6. The van der Waals surface area contributed by atoms with Crippen molar-refractivity contribution in [3.8, 4) is 6.07 Å². The van der Waals surface area contributed by atoms with Gasteiger partial charge in [0, 0.05) is 43.5 Å². The molecule has 0 radical (unpaired) electrons. The largest absolute Gasteiger partial charge is 0.389 e. The molecule has 1 aromatic carbocycles. The van der Waals surface area contributed by atoms with E-state index in [-0.39, 0.29) is 22.2 Å². The lowest BCUT2D eigenvalue weighted by molar-refractivity contribution is -0.357. The highest BCUT2D eigenvalue weighted by molar-refractivity contribution is 5.53. The topological polar surface area (TPSA) is 65.7 Å². The van der Waals surface area contributed by atoms with Crippen molar-refractivity contribution in [3.63, 3.8) is 0 Å². The maximum atomic E-state index is 12.9. The molecule has 1 aromatic rings. The van der Waals surface area contributed by atoms with Gasteiger partial charge in [0.1, 0.15) is 0 Å². The summed E-state index contributed by atoms with van der Waals surface area (Å²) in [6.07, 6.45) is 8.55. The number of anilines is 1. The first-order valence-electron chi connectivity index (χ1n) is 15.2. The second-order valence-electron chi connectivity index (χ2n) is 15.4. The Bertz CT molecular complexity index is 1180. The van der Waals surface area contributed by atoms with Gasteiger partial charge in [-0.2, -0.15) is 5.26 Å². The van der Waals surface area contributed by atoms with Crippen LogP contribution in [0.2, 0.25) is 0 Å². The van der Waals surface area contributed by atoms with Crippen LogP contribution in [0.3, 0.4) is 0 Å². The second-order valence-corrected chi connectivity index (χ2v) is 15.4. The average Bonchev–Trinajstić information content (AvgIpc) is 3.22. The van der Waals surface area contributed by atoms with Crippen LogP contribution in [0, 0.1) is 51.2 Å². The van der Waals surface area contributed by atoms with E-state index in [1.165, 1.54) is 23.2 Å². The monoisotopic (exact) mass is 518 g/mol. The van der Waals surface area contributed by atoms with Gasteiger partial charge in [-0.05, 0) is 97.3 Å². The fourth-order valence-electron chi connectivity index (χ4n) is 10.8. The molecule has 6 aliphatic rings. The standard InChI is InChI=1S/C33H46N2O3/c1-29(2)19-37-33(38-20-29)13-12-31-15-21-14-23(35(4)5)7-8-24(21)26-16-30(3)22(17-34)6-9-27(30)25(28(26)31)10-11-32(31,36)18-33/h7-8,14,22,25-28,36H,6,9-13,15-16,18-20H2,1-5H3/t22-,25+,26?,27+,28?,30-,31+,32-/m1/s1. The highest BCUT2D eigenvalue weighted by Crippen LogP contribution is 2.74. The SMILES string of the molecule is CN(C)c1ccc2c(c1)C[C@]13CCC4(C[C@]1(O)CC[C@@H]1C3C2C[C@]2(C)[C@@H](C#N)CC[C@@H]12)OCC(C)(C)CO4. The lowest BCUT2D eigenvalue weighted by atomic mass is 9.37. The van der Waals surface area contributed by atoms with Crippen LogP contribution in [0.5, 0.6) is 0 Å². The number of fused-ring (bicyclic) bond motifs is 4. The van der Waals surface area contributed by atoms with Crippen molar-refractivity contribution >= 4 is 5.69 Å². The number of hydrogen-bond donors (Lipinski definition) is 1. The van der Waals surface area contributed by atoms with E-state index in [0.29, 0.717) is 43.3 Å². The molecule has 1 N–H and O–H groups in total. The van der Waals surface area contributed by atoms with E-state index in [4.69, 9.17) is 9.47 Å². The summed E-state index contributed by atoms with van der Waals surface area (Å²) in [6, 6.07) is 9.82. The van der Waals surface area contributed by atoms with Gasteiger partial charge >= 0.3 is 0 Å². The first-order valence-corrected chi connectivity index (χ1v) is 15.2. The quantitative estimate of drug-likeness (QED) is 0.490. The molecule has 1 heterocycles. The lowest BCUT2D eigenvalue weighted by Gasteiger charge is -2.70. The molecule has 8 atom stereocenters. The predicted octanol–water partition coefficient (Wildman–Crippen LogP) is 6.05. The van der Waals surface area contributed by atoms with Crippen LogP contribution in [0.25, 0.3) is 0 Å². The second kappa shape index (κ2) is 7.99. The van der Waals surface area contributed by atoms with Gasteiger partial charge in [-0.15, -0.1) is 0 Å². The zero-order valence-electron chi connectivity index (χ0n) is 24.1. The molecule has 0 bridgehead atoms. The molecule has 5 aliphatic carbocycles. The van der Waals surface area contributed by atoms with Crippen molar-refractivity contribution in [3.05, 3.63) is 29.3 Å². The molecule has 5 heteroatoms. The fourth-order valence-corrected chi connectivity index (χ4v) is 10.8. The van der Waals surface area contributed by atoms with Crippen molar-refractivity contribution in [2.45, 2.75) is 95.9 Å². The summed E-state index contributed by atoms with van der Waals surface area (Å²) in [5.74, 6) is 1.55. The Balaban J connectivity index is 1.34. The number of hydrogen-bond acceptors (Lipinski definition) is 5. The van der Waals surface area contributed by atoms with Gasteiger partial charge in [-0.1, -0.05) is 26.8 Å². The Kier molecular flexibility index (Phi) is 5.33. The van der Waals surface area contributed by atoms with E-state index >= 15 is 0 Å². The Morgan fingerprint density at radius 1 is 1.03 bits per heavy atom. The van der Waals surface area contributed by atoms with Crippen molar-refractivity contribution in [2.75, 3.05) is 32.2 Å². The number of ether oxygens (including phenoxy) is 2. The average molecular weight is 519 g/mol. The molecule has 4 saturated carbocycles. The summed E-state index contributed by atoms with van der Waals surface area (Å²) >= 11 is 0. The van der Waals surface area contributed by atoms with Crippen LogP contribution >= 0.6 is 0 Å². The minimum Gasteiger partial charge on any atom is -0.389 e. The van der Waals surface area contributed by atoms with Crippen LogP contribution in [-0.2, 0) is 15.9 Å². The molecule has 1 aliphatic heterocycles. The van der Waals surface area contributed by atoms with Crippen LogP contribution in [0.4, 0.5) is 5.69 Å². The highest BCUT2D eigenvalue weighted by atomic mass is 16.7. The third-order valence-electron chi connectivity index (χ3n) is 12.6. The Morgan fingerprint density at radius 3 is 2.50 bits per heavy atom. The van der Waals surface area contributed by atoms with Crippen molar-refractivity contribution in [1.29, 1.82) is 5.26 Å². The van der Waals surface area contributed by atoms with E-state index in [9.17, 15) is 10.4 Å². The molecule has 206 valence electrons. The molecular weight excluding hydrogens is 472 g/mol. The highest BCUT2D eigenvalue weighted by Gasteiger charge is 2.72. The fraction of sp³-hybridized carbons (Fsp3) is 0.788. The van der Waals surface area contributed by atoms with Crippen LogP contribution < -0.4 is 4.90 Å². The Hall–Kier alpha value is -1.61. The minimum atomic E-state index is -0.793. The summed E-state index contributed by atoms with van der Waals surface area (Å²) in [7, 11) is 4.23. The molecule has 2 unspecified atom stereocenters. The summed E-state index contributed by atoms with van der Waals surface area (Å²) in [5, 5.41) is 23.0. The van der Waals surface area contributed by atoms with Gasteiger partial charge in [-0.3, -0.25) is 0 Å². The van der Waals surface area contributed by atoms with Crippen molar-refractivity contribution < 1.29 is 14.6 Å². The molecule has 0 amide bonds. The van der Waals surface area contributed by atoms with Gasteiger partial charge in [0.25, 0.3) is 0 Å². The van der Waals surface area contributed by atoms with E-state index in [0.717, 1.165) is 44.9 Å².